The predicted octanol–water partition coefficient (Wildman–Crippen LogP) is 2.09. The van der Waals surface area contributed by atoms with Crippen LogP contribution in [0.2, 0.25) is 0 Å². The molecule has 0 amide bonds. The zero-order valence-corrected chi connectivity index (χ0v) is 9.20. The first kappa shape index (κ1) is 9.21. The van der Waals surface area contributed by atoms with Gasteiger partial charge in [-0.15, -0.1) is 0 Å². The molecule has 2 heterocycles. The molecule has 0 bridgehead atoms. The Morgan fingerprint density at radius 2 is 2.14 bits per heavy atom. The van der Waals surface area contributed by atoms with Crippen molar-refractivity contribution >= 4 is 12.2 Å². The van der Waals surface area contributed by atoms with Crippen LogP contribution < -0.4 is 0 Å². The van der Waals surface area contributed by atoms with E-state index >= 15 is 0 Å². The molecule has 0 radical (unpaired) electrons. The first-order valence-electron chi connectivity index (χ1n) is 4.37. The molecule has 0 aliphatic heterocycles. The van der Waals surface area contributed by atoms with Crippen molar-refractivity contribution in [3.63, 3.8) is 0 Å². The number of aromatic amines is 2. The molecule has 0 saturated heterocycles. The molecule has 0 fully saturated rings. The molecule has 2 N–H and O–H groups in total. The van der Waals surface area contributed by atoms with Crippen LogP contribution in [-0.2, 0) is 7.05 Å². The predicted molar refractivity (Wildman–Crippen MR) is 57.7 cm³/mol. The summed E-state index contributed by atoms with van der Waals surface area (Å²) in [5.74, 6) is 0.872. The minimum Gasteiger partial charge on any atom is -0.362 e. The maximum atomic E-state index is 5.06. The number of nitrogens with one attached hydrogen (secondary N) is 2. The molecule has 0 aromatic carbocycles. The van der Waals surface area contributed by atoms with Crippen LogP contribution in [0, 0.1) is 18.6 Å². The average Bonchev–Trinajstić information content (AvgIpc) is 2.59. The Morgan fingerprint density at radius 1 is 1.43 bits per heavy atom. The fourth-order valence-electron chi connectivity index (χ4n) is 1.54. The van der Waals surface area contributed by atoms with E-state index in [1.54, 1.807) is 0 Å². The minimum atomic E-state index is 0.637. The zero-order valence-electron chi connectivity index (χ0n) is 8.38. The van der Waals surface area contributed by atoms with Gasteiger partial charge in [-0.1, -0.05) is 0 Å². The molecular formula is C9H12N4S. The van der Waals surface area contributed by atoms with Crippen LogP contribution in [0.3, 0.4) is 0 Å². The Hall–Kier alpha value is -1.36. The Kier molecular flexibility index (Phi) is 2.03. The van der Waals surface area contributed by atoms with Crippen LogP contribution in [0.15, 0.2) is 6.07 Å². The van der Waals surface area contributed by atoms with Crippen molar-refractivity contribution in [3.8, 4) is 11.4 Å². The summed E-state index contributed by atoms with van der Waals surface area (Å²) >= 11 is 5.06. The van der Waals surface area contributed by atoms with Gasteiger partial charge in [0.05, 0.1) is 0 Å². The van der Waals surface area contributed by atoms with Crippen LogP contribution in [0.5, 0.6) is 0 Å². The second kappa shape index (κ2) is 3.09. The summed E-state index contributed by atoms with van der Waals surface area (Å²) in [4.78, 5) is 3.24. The summed E-state index contributed by atoms with van der Waals surface area (Å²) < 4.78 is 2.50. The lowest BCUT2D eigenvalue weighted by atomic mass is 10.2. The van der Waals surface area contributed by atoms with E-state index in [1.807, 2.05) is 25.5 Å². The van der Waals surface area contributed by atoms with E-state index in [1.165, 1.54) is 0 Å². The molecule has 2 aromatic rings. The van der Waals surface area contributed by atoms with Crippen LogP contribution >= 0.6 is 12.2 Å². The summed E-state index contributed by atoms with van der Waals surface area (Å²) in [5, 5.41) is 6.96. The van der Waals surface area contributed by atoms with E-state index in [2.05, 4.69) is 21.2 Å². The molecule has 0 unspecified atom stereocenters. The van der Waals surface area contributed by atoms with Crippen LogP contribution in [-0.4, -0.2) is 19.7 Å². The smallest absolute Gasteiger partial charge is 0.195 e. The third-order valence-electron chi connectivity index (χ3n) is 2.27. The second-order valence-electron chi connectivity index (χ2n) is 3.40. The maximum Gasteiger partial charge on any atom is 0.195 e. The molecule has 0 aliphatic rings. The Balaban J connectivity index is 2.65. The second-order valence-corrected chi connectivity index (χ2v) is 3.79. The van der Waals surface area contributed by atoms with Gasteiger partial charge in [0.25, 0.3) is 0 Å². The summed E-state index contributed by atoms with van der Waals surface area (Å²) in [6, 6.07) is 2.07. The van der Waals surface area contributed by atoms with E-state index in [0.29, 0.717) is 4.77 Å². The van der Waals surface area contributed by atoms with Gasteiger partial charge in [0.1, 0.15) is 0 Å². The Bertz CT molecular complexity index is 517. The van der Waals surface area contributed by atoms with Crippen molar-refractivity contribution in [2.45, 2.75) is 13.8 Å². The van der Waals surface area contributed by atoms with Gasteiger partial charge in [-0.3, -0.25) is 5.10 Å². The number of aromatic nitrogens is 4. The van der Waals surface area contributed by atoms with Crippen molar-refractivity contribution in [3.05, 3.63) is 22.2 Å². The average molecular weight is 208 g/mol. The number of rotatable bonds is 1. The lowest BCUT2D eigenvalue weighted by Crippen LogP contribution is -1.92. The monoisotopic (exact) mass is 208 g/mol. The Labute approximate surface area is 87.0 Å². The maximum absolute atomic E-state index is 5.06. The molecule has 4 nitrogen and oxygen atoms in total. The van der Waals surface area contributed by atoms with Crippen molar-refractivity contribution in [1.82, 2.24) is 19.7 Å². The fraction of sp³-hybridized carbons (Fsp3) is 0.333. The van der Waals surface area contributed by atoms with Crippen LogP contribution in [0.25, 0.3) is 11.4 Å². The molecule has 2 aromatic heterocycles. The topological polar surface area (TPSA) is 49.4 Å². The van der Waals surface area contributed by atoms with Crippen LogP contribution in [0.4, 0.5) is 0 Å². The normalized spacial score (nSPS) is 10.8. The number of nitrogens with zero attached hydrogens (tertiary/aromatic N) is 2. The van der Waals surface area contributed by atoms with Gasteiger partial charge in [0.2, 0.25) is 0 Å². The van der Waals surface area contributed by atoms with Crippen molar-refractivity contribution in [2.24, 2.45) is 7.05 Å². The molecule has 0 saturated carbocycles. The number of hydrogen-bond acceptors (Lipinski definition) is 2. The number of hydrogen-bond donors (Lipinski definition) is 2. The fourth-order valence-corrected chi connectivity index (χ4v) is 1.68. The lowest BCUT2D eigenvalue weighted by molar-refractivity contribution is 0.901. The highest BCUT2D eigenvalue weighted by atomic mass is 32.1. The molecule has 74 valence electrons. The van der Waals surface area contributed by atoms with Crippen molar-refractivity contribution < 1.29 is 0 Å². The first-order valence-corrected chi connectivity index (χ1v) is 4.78. The van der Waals surface area contributed by atoms with E-state index in [4.69, 9.17) is 12.2 Å². The number of H-pyrrole nitrogens is 2. The zero-order chi connectivity index (χ0) is 10.3. The summed E-state index contributed by atoms with van der Waals surface area (Å²) in [6.45, 7) is 4.05. The minimum absolute atomic E-state index is 0.637. The Morgan fingerprint density at radius 3 is 2.57 bits per heavy atom. The first-order chi connectivity index (χ1) is 6.59. The molecule has 0 aliphatic carbocycles. The summed E-state index contributed by atoms with van der Waals surface area (Å²) in [7, 11) is 1.91. The van der Waals surface area contributed by atoms with Gasteiger partial charge >= 0.3 is 0 Å². The molecule has 5 heteroatoms. The quantitative estimate of drug-likeness (QED) is 0.705. The van der Waals surface area contributed by atoms with E-state index < -0.39 is 0 Å². The highest BCUT2D eigenvalue weighted by Crippen LogP contribution is 2.21. The molecule has 0 atom stereocenters. The molecule has 14 heavy (non-hydrogen) atoms. The highest BCUT2D eigenvalue weighted by molar-refractivity contribution is 7.71. The van der Waals surface area contributed by atoms with Gasteiger partial charge in [0, 0.05) is 24.0 Å². The van der Waals surface area contributed by atoms with E-state index in [-0.39, 0.29) is 0 Å². The largest absolute Gasteiger partial charge is 0.362 e. The van der Waals surface area contributed by atoms with Gasteiger partial charge < -0.3 is 9.55 Å². The van der Waals surface area contributed by atoms with Crippen molar-refractivity contribution in [2.75, 3.05) is 0 Å². The van der Waals surface area contributed by atoms with Gasteiger partial charge in [-0.25, -0.2) is 0 Å². The third kappa shape index (κ3) is 1.29. The summed E-state index contributed by atoms with van der Waals surface area (Å²) in [5.41, 5.74) is 3.34. The van der Waals surface area contributed by atoms with E-state index in [0.717, 1.165) is 22.8 Å². The highest BCUT2D eigenvalue weighted by Gasteiger charge is 2.10. The van der Waals surface area contributed by atoms with Gasteiger partial charge in [-0.05, 0) is 32.1 Å². The SMILES string of the molecule is Cc1cc(-c2n[nH]c(=S)n2C)c(C)[nH]1. The number of aryl methyl sites for hydroxylation is 2. The molecular weight excluding hydrogens is 196 g/mol. The van der Waals surface area contributed by atoms with Crippen LogP contribution in [0.1, 0.15) is 11.4 Å². The van der Waals surface area contributed by atoms with Gasteiger partial charge in [0.15, 0.2) is 10.6 Å². The van der Waals surface area contributed by atoms with Crippen molar-refractivity contribution in [1.29, 1.82) is 0 Å². The molecule has 2 rings (SSSR count). The summed E-state index contributed by atoms with van der Waals surface area (Å²) in [6.07, 6.45) is 0. The third-order valence-corrected chi connectivity index (χ3v) is 2.64. The standard InChI is InChI=1S/C9H12N4S/c1-5-4-7(6(2)10-5)8-11-12-9(14)13(8)3/h4,10H,1-3H3,(H,12,14). The lowest BCUT2D eigenvalue weighted by Gasteiger charge is -1.97. The molecule has 0 spiro atoms. The van der Waals surface area contributed by atoms with Gasteiger partial charge in [-0.2, -0.15) is 5.10 Å². The van der Waals surface area contributed by atoms with E-state index in [9.17, 15) is 0 Å².